The minimum absolute atomic E-state index is 0.00914. The molecule has 1 amide bonds. The number of piperazine rings is 1. The molecular formula is C26H34ClFN8O2. The molecule has 38 heavy (non-hydrogen) atoms. The highest BCUT2D eigenvalue weighted by atomic mass is 35.5. The molecule has 5 rings (SSSR count). The van der Waals surface area contributed by atoms with Crippen molar-refractivity contribution in [2.75, 3.05) is 57.1 Å². The topological polar surface area (TPSA) is 90.8 Å². The summed E-state index contributed by atoms with van der Waals surface area (Å²) in [4.78, 5) is 39.4. The van der Waals surface area contributed by atoms with Gasteiger partial charge in [-0.1, -0.05) is 11.6 Å². The normalized spacial score (nSPS) is 19.6. The summed E-state index contributed by atoms with van der Waals surface area (Å²) in [5, 5.41) is 1.00. The molecule has 0 aromatic carbocycles. The quantitative estimate of drug-likeness (QED) is 0.350. The highest BCUT2D eigenvalue weighted by Crippen LogP contribution is 2.37. The second-order valence-corrected chi connectivity index (χ2v) is 11.8. The first-order valence-electron chi connectivity index (χ1n) is 12.9. The number of amides is 1. The molecule has 0 aliphatic carbocycles. The van der Waals surface area contributed by atoms with Crippen molar-refractivity contribution in [1.29, 1.82) is 0 Å². The molecule has 204 valence electrons. The predicted molar refractivity (Wildman–Crippen MR) is 147 cm³/mol. The molecule has 5 heterocycles. The van der Waals surface area contributed by atoms with Crippen LogP contribution in [0.25, 0.3) is 21.9 Å². The van der Waals surface area contributed by atoms with Crippen LogP contribution in [-0.4, -0.2) is 101 Å². The molecule has 0 radical (unpaired) electrons. The van der Waals surface area contributed by atoms with E-state index in [9.17, 15) is 9.18 Å². The van der Waals surface area contributed by atoms with Crippen molar-refractivity contribution in [3.63, 3.8) is 0 Å². The summed E-state index contributed by atoms with van der Waals surface area (Å²) < 4.78 is 20.5. The van der Waals surface area contributed by atoms with Crippen LogP contribution in [0.4, 0.5) is 21.0 Å². The van der Waals surface area contributed by atoms with Crippen LogP contribution in [0.1, 0.15) is 33.6 Å². The first kappa shape index (κ1) is 26.6. The van der Waals surface area contributed by atoms with Crippen LogP contribution in [0.3, 0.4) is 0 Å². The van der Waals surface area contributed by atoms with Crippen molar-refractivity contribution in [1.82, 2.24) is 29.7 Å². The number of carbonyl (C=O) groups excluding carboxylic acids is 1. The average molecular weight is 545 g/mol. The van der Waals surface area contributed by atoms with Gasteiger partial charge in [0.1, 0.15) is 16.9 Å². The first-order chi connectivity index (χ1) is 17.9. The average Bonchev–Trinajstić information content (AvgIpc) is 3.12. The molecule has 12 heteroatoms. The van der Waals surface area contributed by atoms with Gasteiger partial charge in [0.05, 0.1) is 17.5 Å². The maximum Gasteiger partial charge on any atom is 0.410 e. The summed E-state index contributed by atoms with van der Waals surface area (Å²) in [6.45, 7) is 8.37. The fourth-order valence-corrected chi connectivity index (χ4v) is 5.29. The van der Waals surface area contributed by atoms with E-state index < -0.39 is 11.4 Å². The SMILES string of the molecule is CN(C)CCN(C)c1nc(N2CC3CCC(C2)N3C(=O)OC(C)(C)C)c2cc3cnc(Cl)c(F)c3nc2n1. The molecule has 0 N–H and O–H groups in total. The van der Waals surface area contributed by atoms with E-state index in [-0.39, 0.29) is 28.8 Å². The van der Waals surface area contributed by atoms with Crippen LogP contribution >= 0.6 is 11.6 Å². The Bertz CT molecular complexity index is 1370. The fraction of sp³-hybridized carbons (Fsp3) is 0.577. The zero-order valence-electron chi connectivity index (χ0n) is 22.7. The van der Waals surface area contributed by atoms with E-state index >= 15 is 0 Å². The highest BCUT2D eigenvalue weighted by Gasteiger charge is 2.45. The summed E-state index contributed by atoms with van der Waals surface area (Å²) in [5.74, 6) is 0.550. The van der Waals surface area contributed by atoms with Crippen LogP contribution in [0.2, 0.25) is 5.15 Å². The lowest BCUT2D eigenvalue weighted by atomic mass is 10.1. The lowest BCUT2D eigenvalue weighted by Crippen LogP contribution is -2.57. The Morgan fingerprint density at radius 1 is 1.13 bits per heavy atom. The Kier molecular flexibility index (Phi) is 6.93. The van der Waals surface area contributed by atoms with Crippen molar-refractivity contribution in [3.05, 3.63) is 23.2 Å². The number of pyridine rings is 2. The van der Waals surface area contributed by atoms with Crippen molar-refractivity contribution in [3.8, 4) is 0 Å². The summed E-state index contributed by atoms with van der Waals surface area (Å²) in [6.07, 6.45) is 3.03. The van der Waals surface area contributed by atoms with Crippen molar-refractivity contribution in [2.45, 2.75) is 51.3 Å². The zero-order chi connectivity index (χ0) is 27.4. The van der Waals surface area contributed by atoms with Crippen molar-refractivity contribution >= 4 is 51.4 Å². The molecule has 2 saturated heterocycles. The van der Waals surface area contributed by atoms with Crippen LogP contribution < -0.4 is 9.80 Å². The monoisotopic (exact) mass is 544 g/mol. The number of halogens is 2. The molecule has 2 atom stereocenters. The first-order valence-corrected chi connectivity index (χ1v) is 13.2. The lowest BCUT2D eigenvalue weighted by Gasteiger charge is -2.42. The lowest BCUT2D eigenvalue weighted by molar-refractivity contribution is 0.0123. The molecule has 0 saturated carbocycles. The number of hydrogen-bond donors (Lipinski definition) is 0. The Balaban J connectivity index is 1.56. The standard InChI is InChI=1S/C26H34ClFN8O2/c1-26(2,3)38-25(37)36-16-7-8-17(36)14-35(13-16)23-18-11-15-12-29-21(27)19(28)20(15)30-22(18)31-24(32-23)34(6)10-9-33(4)5/h11-12,16-17H,7-10,13-14H2,1-6H3. The molecule has 2 aliphatic rings. The van der Waals surface area contributed by atoms with E-state index in [1.807, 2.05) is 57.8 Å². The molecule has 10 nitrogen and oxygen atoms in total. The third-order valence-corrected chi connectivity index (χ3v) is 7.26. The van der Waals surface area contributed by atoms with Gasteiger partial charge in [0.15, 0.2) is 16.6 Å². The Morgan fingerprint density at radius 2 is 1.82 bits per heavy atom. The molecule has 2 unspecified atom stereocenters. The van der Waals surface area contributed by atoms with E-state index in [2.05, 4.69) is 19.8 Å². The van der Waals surface area contributed by atoms with Gasteiger partial charge in [0.25, 0.3) is 0 Å². The second kappa shape index (κ2) is 9.92. The number of hydrogen-bond acceptors (Lipinski definition) is 9. The number of anilines is 2. The molecule has 3 aromatic rings. The van der Waals surface area contributed by atoms with Crippen LogP contribution in [-0.2, 0) is 4.74 Å². The maximum absolute atomic E-state index is 14.8. The molecule has 3 aromatic heterocycles. The fourth-order valence-electron chi connectivity index (χ4n) is 5.15. The number of fused-ring (bicyclic) bond motifs is 4. The third-order valence-electron chi connectivity index (χ3n) is 7.00. The Labute approximate surface area is 226 Å². The summed E-state index contributed by atoms with van der Waals surface area (Å²) in [7, 11) is 5.95. The van der Waals surface area contributed by atoms with E-state index in [0.717, 1.165) is 19.4 Å². The van der Waals surface area contributed by atoms with Gasteiger partial charge < -0.3 is 19.4 Å². The van der Waals surface area contributed by atoms with E-state index in [1.165, 1.54) is 6.20 Å². The summed E-state index contributed by atoms with van der Waals surface area (Å²) >= 11 is 5.94. The number of aromatic nitrogens is 4. The number of likely N-dealkylation sites (N-methyl/N-ethyl adjacent to an activating group) is 2. The molecule has 0 spiro atoms. The molecule has 2 bridgehead atoms. The van der Waals surface area contributed by atoms with Gasteiger partial charge in [0, 0.05) is 44.8 Å². The van der Waals surface area contributed by atoms with Gasteiger partial charge in [-0.15, -0.1) is 0 Å². The minimum atomic E-state index is -0.669. The predicted octanol–water partition coefficient (Wildman–Crippen LogP) is 3.95. The summed E-state index contributed by atoms with van der Waals surface area (Å²) in [6, 6.07) is 1.84. The Morgan fingerprint density at radius 3 is 2.45 bits per heavy atom. The van der Waals surface area contributed by atoms with Crippen molar-refractivity contribution in [2.24, 2.45) is 0 Å². The number of nitrogens with zero attached hydrogens (tertiary/aromatic N) is 8. The van der Waals surface area contributed by atoms with Gasteiger partial charge in [-0.05, 0) is 53.8 Å². The largest absolute Gasteiger partial charge is 0.444 e. The third kappa shape index (κ3) is 5.13. The summed E-state index contributed by atoms with van der Waals surface area (Å²) in [5.41, 5.74) is -0.0438. The smallest absolute Gasteiger partial charge is 0.410 e. The van der Waals surface area contributed by atoms with Crippen LogP contribution in [0.15, 0.2) is 12.3 Å². The highest BCUT2D eigenvalue weighted by molar-refractivity contribution is 6.30. The van der Waals surface area contributed by atoms with E-state index in [0.29, 0.717) is 47.8 Å². The van der Waals surface area contributed by atoms with Gasteiger partial charge >= 0.3 is 6.09 Å². The van der Waals surface area contributed by atoms with Gasteiger partial charge in [-0.3, -0.25) is 4.90 Å². The molecular weight excluding hydrogens is 511 g/mol. The number of rotatable bonds is 5. The minimum Gasteiger partial charge on any atom is -0.444 e. The zero-order valence-corrected chi connectivity index (χ0v) is 23.5. The van der Waals surface area contributed by atoms with E-state index in [1.54, 1.807) is 0 Å². The molecule has 2 aliphatic heterocycles. The van der Waals surface area contributed by atoms with Crippen molar-refractivity contribution < 1.29 is 13.9 Å². The second-order valence-electron chi connectivity index (χ2n) is 11.4. The van der Waals surface area contributed by atoms with Crippen LogP contribution in [0.5, 0.6) is 0 Å². The van der Waals surface area contributed by atoms with E-state index in [4.69, 9.17) is 26.3 Å². The van der Waals surface area contributed by atoms with Gasteiger partial charge in [-0.2, -0.15) is 9.97 Å². The number of carbonyl (C=O) groups is 1. The molecule has 2 fully saturated rings. The van der Waals surface area contributed by atoms with Gasteiger partial charge in [0.2, 0.25) is 5.95 Å². The number of ether oxygens (including phenoxy) is 1. The van der Waals surface area contributed by atoms with Gasteiger partial charge in [-0.25, -0.2) is 19.2 Å². The maximum atomic E-state index is 14.8. The van der Waals surface area contributed by atoms with Crippen LogP contribution in [0, 0.1) is 5.82 Å². The Hall–Kier alpha value is -3.05.